The predicted molar refractivity (Wildman–Crippen MR) is 100 cm³/mol. The topological polar surface area (TPSA) is 65.4 Å². The van der Waals surface area contributed by atoms with Gasteiger partial charge in [0.15, 0.2) is 0 Å². The molecule has 26 heavy (non-hydrogen) atoms. The van der Waals surface area contributed by atoms with Gasteiger partial charge in [-0.3, -0.25) is 4.79 Å². The Morgan fingerprint density at radius 3 is 2.88 bits per heavy atom. The number of methoxy groups -OCH3 is 2. The highest BCUT2D eigenvalue weighted by Gasteiger charge is 2.31. The minimum atomic E-state index is -0.100. The Morgan fingerprint density at radius 1 is 1.27 bits per heavy atom. The van der Waals surface area contributed by atoms with E-state index in [4.69, 9.17) is 9.47 Å². The van der Waals surface area contributed by atoms with E-state index in [0.717, 1.165) is 22.7 Å². The average Bonchev–Trinajstić information content (AvgIpc) is 3.31. The predicted octanol–water partition coefficient (Wildman–Crippen LogP) is 3.48. The number of thiophene rings is 1. The molecule has 0 aliphatic carbocycles. The van der Waals surface area contributed by atoms with E-state index in [1.807, 2.05) is 40.5 Å². The van der Waals surface area contributed by atoms with E-state index in [9.17, 15) is 4.79 Å². The Labute approximate surface area is 155 Å². The lowest BCUT2D eigenvalue weighted by molar-refractivity contribution is -0.116. The van der Waals surface area contributed by atoms with Crippen LogP contribution < -0.4 is 14.8 Å². The van der Waals surface area contributed by atoms with Gasteiger partial charge in [-0.1, -0.05) is 12.1 Å². The maximum absolute atomic E-state index is 12.4. The lowest BCUT2D eigenvalue weighted by atomic mass is 9.86. The first-order valence-corrected chi connectivity index (χ1v) is 9.17. The van der Waals surface area contributed by atoms with Crippen LogP contribution in [0.15, 0.2) is 41.9 Å². The summed E-state index contributed by atoms with van der Waals surface area (Å²) in [7, 11) is 3.25. The minimum absolute atomic E-state index is 0.0201. The van der Waals surface area contributed by atoms with Crippen LogP contribution >= 0.6 is 11.3 Å². The fraction of sp³-hybridized carbons (Fsp3) is 0.263. The van der Waals surface area contributed by atoms with E-state index in [2.05, 4.69) is 16.5 Å². The van der Waals surface area contributed by atoms with Gasteiger partial charge in [0.05, 0.1) is 27.0 Å². The van der Waals surface area contributed by atoms with Crippen molar-refractivity contribution in [2.75, 3.05) is 19.5 Å². The maximum atomic E-state index is 12.4. The molecular formula is C19H19N3O3S. The van der Waals surface area contributed by atoms with Gasteiger partial charge in [0.2, 0.25) is 5.91 Å². The molecule has 1 aliphatic heterocycles. The number of rotatable bonds is 5. The molecule has 0 fully saturated rings. The van der Waals surface area contributed by atoms with Crippen molar-refractivity contribution >= 4 is 23.1 Å². The lowest BCUT2D eigenvalue weighted by Gasteiger charge is -2.25. The SMILES string of the molecule is COc1ccc([C@H]2CC(=O)Nc3c2cnn3Cc2cccs2)c(OC)c1. The van der Waals surface area contributed by atoms with Crippen LogP contribution in [-0.4, -0.2) is 29.9 Å². The maximum Gasteiger partial charge on any atom is 0.226 e. The van der Waals surface area contributed by atoms with Gasteiger partial charge in [-0.05, 0) is 17.5 Å². The third kappa shape index (κ3) is 2.94. The van der Waals surface area contributed by atoms with Gasteiger partial charge in [-0.15, -0.1) is 11.3 Å². The smallest absolute Gasteiger partial charge is 0.226 e. The van der Waals surface area contributed by atoms with E-state index in [-0.39, 0.29) is 11.8 Å². The van der Waals surface area contributed by atoms with Crippen LogP contribution in [0.2, 0.25) is 0 Å². The summed E-state index contributed by atoms with van der Waals surface area (Å²) >= 11 is 1.67. The molecular weight excluding hydrogens is 350 g/mol. The Hall–Kier alpha value is -2.80. The Balaban J connectivity index is 1.74. The second-order valence-electron chi connectivity index (χ2n) is 6.10. The fourth-order valence-corrected chi connectivity index (χ4v) is 4.01. The summed E-state index contributed by atoms with van der Waals surface area (Å²) in [5, 5.41) is 9.53. The molecule has 1 N–H and O–H groups in total. The van der Waals surface area contributed by atoms with Crippen LogP contribution in [-0.2, 0) is 11.3 Å². The first-order chi connectivity index (χ1) is 12.7. The molecule has 0 saturated carbocycles. The third-order valence-electron chi connectivity index (χ3n) is 4.59. The summed E-state index contributed by atoms with van der Waals surface area (Å²) in [6.07, 6.45) is 2.21. The zero-order valence-electron chi connectivity index (χ0n) is 14.6. The number of hydrogen-bond donors (Lipinski definition) is 1. The molecule has 0 unspecified atom stereocenters. The second-order valence-corrected chi connectivity index (χ2v) is 7.13. The molecule has 0 bridgehead atoms. The number of benzene rings is 1. The number of ether oxygens (including phenoxy) is 2. The van der Waals surface area contributed by atoms with Crippen LogP contribution in [0.3, 0.4) is 0 Å². The number of fused-ring (bicyclic) bond motifs is 1. The van der Waals surface area contributed by atoms with Gasteiger partial charge in [0.1, 0.15) is 17.3 Å². The van der Waals surface area contributed by atoms with Crippen molar-refractivity contribution in [1.82, 2.24) is 9.78 Å². The molecule has 1 aromatic carbocycles. The van der Waals surface area contributed by atoms with Gasteiger partial charge in [0, 0.05) is 34.4 Å². The number of amides is 1. The van der Waals surface area contributed by atoms with Crippen molar-refractivity contribution in [2.24, 2.45) is 0 Å². The number of aromatic nitrogens is 2. The van der Waals surface area contributed by atoms with Crippen molar-refractivity contribution in [3.8, 4) is 11.5 Å². The molecule has 2 aromatic heterocycles. The zero-order chi connectivity index (χ0) is 18.1. The summed E-state index contributed by atoms with van der Waals surface area (Å²) in [6, 6.07) is 9.77. The van der Waals surface area contributed by atoms with Gasteiger partial charge < -0.3 is 14.8 Å². The summed E-state index contributed by atoms with van der Waals surface area (Å²) in [5.74, 6) is 2.07. The van der Waals surface area contributed by atoms with E-state index in [0.29, 0.717) is 18.7 Å². The van der Waals surface area contributed by atoms with Crippen molar-refractivity contribution in [2.45, 2.75) is 18.9 Å². The highest BCUT2D eigenvalue weighted by atomic mass is 32.1. The summed E-state index contributed by atoms with van der Waals surface area (Å²) < 4.78 is 12.7. The van der Waals surface area contributed by atoms with Gasteiger partial charge in [-0.2, -0.15) is 5.10 Å². The van der Waals surface area contributed by atoms with Crippen LogP contribution in [0.4, 0.5) is 5.82 Å². The minimum Gasteiger partial charge on any atom is -0.497 e. The Kier molecular flexibility index (Phi) is 4.38. The molecule has 3 heterocycles. The third-order valence-corrected chi connectivity index (χ3v) is 5.45. The molecule has 6 nitrogen and oxygen atoms in total. The monoisotopic (exact) mass is 369 g/mol. The molecule has 1 atom stereocenters. The van der Waals surface area contributed by atoms with E-state index < -0.39 is 0 Å². The zero-order valence-corrected chi connectivity index (χ0v) is 15.4. The number of carbonyl (C=O) groups is 1. The standard InChI is InChI=1S/C19H19N3O3S/c1-24-12-5-6-14(17(8-12)25-2)15-9-18(23)21-19-16(15)10-20-22(19)11-13-4-3-7-26-13/h3-8,10,15H,9,11H2,1-2H3,(H,21,23)/t15-/m1/s1. The molecule has 0 saturated heterocycles. The van der Waals surface area contributed by atoms with Crippen LogP contribution in [0, 0.1) is 0 Å². The highest BCUT2D eigenvalue weighted by Crippen LogP contribution is 2.41. The van der Waals surface area contributed by atoms with E-state index >= 15 is 0 Å². The van der Waals surface area contributed by atoms with E-state index in [1.165, 1.54) is 4.88 Å². The van der Waals surface area contributed by atoms with E-state index in [1.54, 1.807) is 25.6 Å². The van der Waals surface area contributed by atoms with Crippen LogP contribution in [0.5, 0.6) is 11.5 Å². The number of nitrogens with one attached hydrogen (secondary N) is 1. The van der Waals surface area contributed by atoms with Gasteiger partial charge in [-0.25, -0.2) is 4.68 Å². The summed E-state index contributed by atoms with van der Waals surface area (Å²) in [4.78, 5) is 13.6. The molecule has 1 aliphatic rings. The van der Waals surface area contributed by atoms with Crippen molar-refractivity contribution in [3.05, 3.63) is 57.9 Å². The lowest BCUT2D eigenvalue weighted by Crippen LogP contribution is -2.25. The molecule has 1 amide bonds. The van der Waals surface area contributed by atoms with Crippen molar-refractivity contribution in [1.29, 1.82) is 0 Å². The molecule has 7 heteroatoms. The average molecular weight is 369 g/mol. The Bertz CT molecular complexity index is 934. The molecule has 0 radical (unpaired) electrons. The summed E-state index contributed by atoms with van der Waals surface area (Å²) in [6.45, 7) is 0.639. The first-order valence-electron chi connectivity index (χ1n) is 8.29. The largest absolute Gasteiger partial charge is 0.497 e. The van der Waals surface area contributed by atoms with Gasteiger partial charge in [0.25, 0.3) is 0 Å². The number of carbonyl (C=O) groups excluding carboxylic acids is 1. The molecule has 0 spiro atoms. The quantitative estimate of drug-likeness (QED) is 0.748. The Morgan fingerprint density at radius 2 is 2.15 bits per heavy atom. The van der Waals surface area contributed by atoms with Gasteiger partial charge >= 0.3 is 0 Å². The van der Waals surface area contributed by atoms with Crippen molar-refractivity contribution in [3.63, 3.8) is 0 Å². The second kappa shape index (κ2) is 6.84. The molecule has 4 rings (SSSR count). The molecule has 134 valence electrons. The summed E-state index contributed by atoms with van der Waals surface area (Å²) in [5.41, 5.74) is 1.96. The number of nitrogens with zero attached hydrogens (tertiary/aromatic N) is 2. The normalized spacial score (nSPS) is 16.1. The number of hydrogen-bond acceptors (Lipinski definition) is 5. The number of anilines is 1. The first kappa shape index (κ1) is 16.7. The highest BCUT2D eigenvalue weighted by molar-refractivity contribution is 7.09. The molecule has 3 aromatic rings. The fourth-order valence-electron chi connectivity index (χ4n) is 3.32. The van der Waals surface area contributed by atoms with Crippen molar-refractivity contribution < 1.29 is 14.3 Å². The van der Waals surface area contributed by atoms with Crippen LogP contribution in [0.1, 0.15) is 28.3 Å². The van der Waals surface area contributed by atoms with Crippen LogP contribution in [0.25, 0.3) is 0 Å².